The van der Waals surface area contributed by atoms with Gasteiger partial charge in [0.2, 0.25) is 5.91 Å². The van der Waals surface area contributed by atoms with Crippen LogP contribution >= 0.6 is 0 Å². The Bertz CT molecular complexity index is 794. The fourth-order valence-electron chi connectivity index (χ4n) is 2.92. The van der Waals surface area contributed by atoms with E-state index in [0.29, 0.717) is 6.54 Å². The zero-order valence-electron chi connectivity index (χ0n) is 13.9. The van der Waals surface area contributed by atoms with Crippen molar-refractivity contribution in [1.29, 1.82) is 0 Å². The number of para-hydroxylation sites is 1. The third-order valence-corrected chi connectivity index (χ3v) is 4.47. The second kappa shape index (κ2) is 7.25. The van der Waals surface area contributed by atoms with Crippen LogP contribution in [0.5, 0.6) is 0 Å². The van der Waals surface area contributed by atoms with Crippen molar-refractivity contribution in [1.82, 2.24) is 30.5 Å². The molecule has 0 fully saturated rings. The molecular formula is C17H22N6O. The molecule has 0 saturated heterocycles. The minimum absolute atomic E-state index is 0.0449. The lowest BCUT2D eigenvalue weighted by Crippen LogP contribution is -2.37. The number of aromatic amines is 1. The Labute approximate surface area is 140 Å². The van der Waals surface area contributed by atoms with Crippen molar-refractivity contribution in [2.75, 3.05) is 6.54 Å². The monoisotopic (exact) mass is 326 g/mol. The van der Waals surface area contributed by atoms with Crippen LogP contribution in [0.15, 0.2) is 36.8 Å². The lowest BCUT2D eigenvalue weighted by Gasteiger charge is -2.21. The first kappa shape index (κ1) is 16.2. The van der Waals surface area contributed by atoms with Gasteiger partial charge in [-0.15, -0.1) is 5.10 Å². The second-order valence-electron chi connectivity index (χ2n) is 6.02. The number of nitrogens with zero attached hydrogens (tertiary/aromatic N) is 4. The van der Waals surface area contributed by atoms with Crippen molar-refractivity contribution in [3.63, 3.8) is 0 Å². The summed E-state index contributed by atoms with van der Waals surface area (Å²) in [4.78, 5) is 15.9. The van der Waals surface area contributed by atoms with Gasteiger partial charge < -0.3 is 10.3 Å². The zero-order valence-corrected chi connectivity index (χ0v) is 13.9. The molecule has 0 aliphatic heterocycles. The number of hydrogen-bond acceptors (Lipinski definition) is 4. The molecule has 0 unspecified atom stereocenters. The van der Waals surface area contributed by atoms with E-state index in [4.69, 9.17) is 0 Å². The third kappa shape index (κ3) is 3.29. The van der Waals surface area contributed by atoms with Crippen LogP contribution in [0, 0.1) is 5.92 Å². The van der Waals surface area contributed by atoms with Crippen LogP contribution in [0.3, 0.4) is 0 Å². The van der Waals surface area contributed by atoms with Gasteiger partial charge in [0.1, 0.15) is 12.4 Å². The molecule has 1 amide bonds. The molecule has 2 aromatic heterocycles. The fraction of sp³-hybridized carbons (Fsp3) is 0.412. The summed E-state index contributed by atoms with van der Waals surface area (Å²) in [5, 5.41) is 15.4. The number of fused-ring (bicyclic) bond motifs is 1. The van der Waals surface area contributed by atoms with Gasteiger partial charge in [0, 0.05) is 23.6 Å². The van der Waals surface area contributed by atoms with Crippen molar-refractivity contribution in [3.8, 4) is 0 Å². The summed E-state index contributed by atoms with van der Waals surface area (Å²) in [5.74, 6) is 0.109. The molecule has 0 bridgehead atoms. The quantitative estimate of drug-likeness (QED) is 0.696. The molecule has 0 aliphatic rings. The Morgan fingerprint density at radius 3 is 2.96 bits per heavy atom. The topological polar surface area (TPSA) is 88.5 Å². The molecule has 24 heavy (non-hydrogen) atoms. The van der Waals surface area contributed by atoms with Crippen molar-refractivity contribution in [2.24, 2.45) is 5.92 Å². The fourth-order valence-corrected chi connectivity index (χ4v) is 2.92. The van der Waals surface area contributed by atoms with E-state index in [1.54, 1.807) is 0 Å². The van der Waals surface area contributed by atoms with E-state index in [-0.39, 0.29) is 17.9 Å². The SMILES string of the molecule is CC[C@H](C)[C@@H](C(=O)NCCc1c[nH]c2ccccc12)n1cnnn1. The molecule has 0 saturated carbocycles. The van der Waals surface area contributed by atoms with E-state index in [1.807, 2.05) is 31.3 Å². The van der Waals surface area contributed by atoms with E-state index in [9.17, 15) is 4.79 Å². The van der Waals surface area contributed by atoms with Gasteiger partial charge in [-0.05, 0) is 34.4 Å². The highest BCUT2D eigenvalue weighted by Crippen LogP contribution is 2.20. The molecule has 126 valence electrons. The Morgan fingerprint density at radius 2 is 2.21 bits per heavy atom. The minimum Gasteiger partial charge on any atom is -0.361 e. The Kier molecular flexibility index (Phi) is 4.88. The van der Waals surface area contributed by atoms with Gasteiger partial charge in [-0.2, -0.15) is 0 Å². The van der Waals surface area contributed by atoms with E-state index >= 15 is 0 Å². The molecule has 2 heterocycles. The van der Waals surface area contributed by atoms with Crippen LogP contribution in [-0.4, -0.2) is 37.6 Å². The molecule has 3 aromatic rings. The Hall–Kier alpha value is -2.70. The summed E-state index contributed by atoms with van der Waals surface area (Å²) in [6, 6.07) is 7.79. The molecule has 0 spiro atoms. The molecule has 7 heteroatoms. The summed E-state index contributed by atoms with van der Waals surface area (Å²) >= 11 is 0. The highest BCUT2D eigenvalue weighted by atomic mass is 16.2. The molecular weight excluding hydrogens is 304 g/mol. The predicted octanol–water partition coefficient (Wildman–Crippen LogP) is 2.10. The summed E-state index contributed by atoms with van der Waals surface area (Å²) in [7, 11) is 0. The molecule has 0 aliphatic carbocycles. The number of tetrazole rings is 1. The van der Waals surface area contributed by atoms with Crippen LogP contribution in [0.4, 0.5) is 0 Å². The Balaban J connectivity index is 1.63. The molecule has 2 N–H and O–H groups in total. The summed E-state index contributed by atoms with van der Waals surface area (Å²) in [6.07, 6.45) is 5.15. The van der Waals surface area contributed by atoms with E-state index < -0.39 is 0 Å². The van der Waals surface area contributed by atoms with Crippen molar-refractivity contribution >= 4 is 16.8 Å². The van der Waals surface area contributed by atoms with Crippen molar-refractivity contribution in [2.45, 2.75) is 32.7 Å². The number of nitrogens with one attached hydrogen (secondary N) is 2. The largest absolute Gasteiger partial charge is 0.361 e. The molecule has 3 rings (SSSR count). The molecule has 1 aromatic carbocycles. The number of rotatable bonds is 7. The van der Waals surface area contributed by atoms with E-state index in [1.165, 1.54) is 22.0 Å². The number of carbonyl (C=O) groups excluding carboxylic acids is 1. The van der Waals surface area contributed by atoms with E-state index in [2.05, 4.69) is 38.8 Å². The number of hydrogen-bond donors (Lipinski definition) is 2. The van der Waals surface area contributed by atoms with Gasteiger partial charge in [0.05, 0.1) is 0 Å². The number of amides is 1. The number of aromatic nitrogens is 5. The Morgan fingerprint density at radius 1 is 1.38 bits per heavy atom. The molecule has 2 atom stereocenters. The summed E-state index contributed by atoms with van der Waals surface area (Å²) in [5.41, 5.74) is 2.32. The van der Waals surface area contributed by atoms with Crippen LogP contribution in [-0.2, 0) is 11.2 Å². The molecule has 0 radical (unpaired) electrons. The average Bonchev–Trinajstić information content (AvgIpc) is 3.25. The van der Waals surface area contributed by atoms with Crippen LogP contribution in [0.25, 0.3) is 10.9 Å². The van der Waals surface area contributed by atoms with Gasteiger partial charge in [-0.1, -0.05) is 38.5 Å². The average molecular weight is 326 g/mol. The zero-order chi connectivity index (χ0) is 16.9. The maximum atomic E-state index is 12.6. The van der Waals surface area contributed by atoms with Crippen LogP contribution in [0.2, 0.25) is 0 Å². The van der Waals surface area contributed by atoms with Gasteiger partial charge in [-0.3, -0.25) is 4.79 Å². The second-order valence-corrected chi connectivity index (χ2v) is 6.02. The third-order valence-electron chi connectivity index (χ3n) is 4.47. The van der Waals surface area contributed by atoms with Crippen molar-refractivity contribution in [3.05, 3.63) is 42.4 Å². The van der Waals surface area contributed by atoms with Crippen LogP contribution in [0.1, 0.15) is 31.9 Å². The van der Waals surface area contributed by atoms with Gasteiger partial charge >= 0.3 is 0 Å². The van der Waals surface area contributed by atoms with E-state index in [0.717, 1.165) is 18.4 Å². The normalized spacial score (nSPS) is 13.8. The smallest absolute Gasteiger partial charge is 0.245 e. The minimum atomic E-state index is -0.382. The first-order valence-corrected chi connectivity index (χ1v) is 8.26. The standard InChI is InChI=1S/C17H22N6O/c1-3-12(2)16(23-11-20-21-22-23)17(24)18-9-8-13-10-19-15-7-5-4-6-14(13)15/h4-7,10-12,16,19H,3,8-9H2,1-2H3,(H,18,24)/t12-,16-/m0/s1. The summed E-state index contributed by atoms with van der Waals surface area (Å²) in [6.45, 7) is 4.67. The highest BCUT2D eigenvalue weighted by Gasteiger charge is 2.26. The number of H-pyrrole nitrogens is 1. The number of carbonyl (C=O) groups is 1. The van der Waals surface area contributed by atoms with Gasteiger partial charge in [0.15, 0.2) is 0 Å². The lowest BCUT2D eigenvalue weighted by molar-refractivity contribution is -0.126. The lowest BCUT2D eigenvalue weighted by atomic mass is 9.98. The van der Waals surface area contributed by atoms with Gasteiger partial charge in [-0.25, -0.2) is 4.68 Å². The first-order chi connectivity index (χ1) is 11.7. The maximum Gasteiger partial charge on any atom is 0.245 e. The first-order valence-electron chi connectivity index (χ1n) is 8.26. The van der Waals surface area contributed by atoms with Crippen molar-refractivity contribution < 1.29 is 4.79 Å². The van der Waals surface area contributed by atoms with Crippen LogP contribution < -0.4 is 5.32 Å². The maximum absolute atomic E-state index is 12.6. The predicted molar refractivity (Wildman–Crippen MR) is 91.3 cm³/mol. The molecule has 7 nitrogen and oxygen atoms in total. The number of benzene rings is 1. The summed E-state index contributed by atoms with van der Waals surface area (Å²) < 4.78 is 1.54. The van der Waals surface area contributed by atoms with Gasteiger partial charge in [0.25, 0.3) is 0 Å². The highest BCUT2D eigenvalue weighted by molar-refractivity contribution is 5.83.